The molecule has 0 radical (unpaired) electrons. The highest BCUT2D eigenvalue weighted by molar-refractivity contribution is 7.21. The molecule has 0 saturated heterocycles. The van der Waals surface area contributed by atoms with Gasteiger partial charge in [0.15, 0.2) is 0 Å². The first kappa shape index (κ1) is 13.8. The van der Waals surface area contributed by atoms with E-state index in [4.69, 9.17) is 17.3 Å². The number of amides is 1. The molecule has 21 heavy (non-hydrogen) atoms. The number of nitrogens with one attached hydrogen (secondary N) is 1. The number of carbonyl (C=O) groups excluding carboxylic acids is 1. The Bertz CT molecular complexity index is 783. The van der Waals surface area contributed by atoms with Crippen LogP contribution in [0.2, 0.25) is 5.02 Å². The maximum Gasteiger partial charge on any atom is 0.263 e. The van der Waals surface area contributed by atoms with Crippen molar-refractivity contribution in [3.05, 3.63) is 40.5 Å². The van der Waals surface area contributed by atoms with Crippen LogP contribution in [0.25, 0.3) is 10.1 Å². The maximum atomic E-state index is 12.2. The third kappa shape index (κ3) is 2.84. The monoisotopic (exact) mass is 321 g/mol. The van der Waals surface area contributed by atoms with E-state index < -0.39 is 0 Å². The van der Waals surface area contributed by atoms with Gasteiger partial charge in [-0.3, -0.25) is 9.48 Å². The topological polar surface area (TPSA) is 85.8 Å². The van der Waals surface area contributed by atoms with Crippen molar-refractivity contribution in [1.29, 1.82) is 0 Å². The Balaban J connectivity index is 1.73. The minimum atomic E-state index is -0.190. The summed E-state index contributed by atoms with van der Waals surface area (Å²) in [6.45, 7) is 1.01. The molecule has 6 nitrogen and oxygen atoms in total. The number of nitrogens with two attached hydrogens (primary N) is 1. The Morgan fingerprint density at radius 1 is 1.48 bits per heavy atom. The molecule has 2 aromatic heterocycles. The van der Waals surface area contributed by atoms with Crippen LogP contribution in [0, 0.1) is 0 Å². The Morgan fingerprint density at radius 3 is 3.10 bits per heavy atom. The SMILES string of the molecule is Nc1c(C(=O)NCCn2ccnn2)sc2ccc(Cl)cc12. The number of thiophene rings is 1. The molecule has 1 aromatic carbocycles. The van der Waals surface area contributed by atoms with E-state index >= 15 is 0 Å². The van der Waals surface area contributed by atoms with Gasteiger partial charge in [-0.15, -0.1) is 16.4 Å². The predicted octanol–water partition coefficient (Wildman–Crippen LogP) is 2.16. The van der Waals surface area contributed by atoms with E-state index in [-0.39, 0.29) is 5.91 Å². The maximum absolute atomic E-state index is 12.2. The second-order valence-corrected chi connectivity index (χ2v) is 5.90. The van der Waals surface area contributed by atoms with Crippen LogP contribution in [0.4, 0.5) is 5.69 Å². The van der Waals surface area contributed by atoms with Crippen LogP contribution in [0.3, 0.4) is 0 Å². The highest BCUT2D eigenvalue weighted by Gasteiger charge is 2.16. The molecule has 0 spiro atoms. The van der Waals surface area contributed by atoms with Gasteiger partial charge in [0, 0.05) is 27.9 Å². The van der Waals surface area contributed by atoms with Gasteiger partial charge in [-0.1, -0.05) is 16.8 Å². The number of hydrogen-bond acceptors (Lipinski definition) is 5. The molecule has 0 fully saturated rings. The van der Waals surface area contributed by atoms with Crippen molar-refractivity contribution in [1.82, 2.24) is 20.3 Å². The number of carbonyl (C=O) groups is 1. The van der Waals surface area contributed by atoms with E-state index in [9.17, 15) is 4.79 Å². The fourth-order valence-corrected chi connectivity index (χ4v) is 3.17. The van der Waals surface area contributed by atoms with Gasteiger partial charge in [-0.25, -0.2) is 0 Å². The van der Waals surface area contributed by atoms with Crippen molar-refractivity contribution >= 4 is 44.6 Å². The Morgan fingerprint density at radius 2 is 2.33 bits per heavy atom. The molecule has 8 heteroatoms. The van der Waals surface area contributed by atoms with Crippen LogP contribution in [-0.4, -0.2) is 27.4 Å². The van der Waals surface area contributed by atoms with Crippen LogP contribution in [0.5, 0.6) is 0 Å². The summed E-state index contributed by atoms with van der Waals surface area (Å²) in [5.74, 6) is -0.190. The van der Waals surface area contributed by atoms with Crippen LogP contribution in [0.15, 0.2) is 30.6 Å². The standard InChI is InChI=1S/C13H12ClN5OS/c14-8-1-2-10-9(7-8)11(15)12(21-10)13(20)16-3-5-19-6-4-17-18-19/h1-2,4,6-7H,3,5,15H2,(H,16,20). The average molecular weight is 322 g/mol. The molecule has 0 aliphatic heterocycles. The molecular weight excluding hydrogens is 310 g/mol. The normalized spacial score (nSPS) is 10.9. The molecule has 3 rings (SSSR count). The Labute approximate surface area is 129 Å². The van der Waals surface area contributed by atoms with Crippen LogP contribution >= 0.6 is 22.9 Å². The molecule has 2 heterocycles. The molecule has 0 atom stereocenters. The molecular formula is C13H12ClN5OS. The molecule has 3 aromatic rings. The summed E-state index contributed by atoms with van der Waals surface area (Å²) in [7, 11) is 0. The third-order valence-electron chi connectivity index (χ3n) is 2.99. The average Bonchev–Trinajstić information content (AvgIpc) is 3.08. The lowest BCUT2D eigenvalue weighted by atomic mass is 10.2. The van der Waals surface area contributed by atoms with Gasteiger partial charge in [0.25, 0.3) is 5.91 Å². The number of benzene rings is 1. The summed E-state index contributed by atoms with van der Waals surface area (Å²) in [6, 6.07) is 5.42. The molecule has 0 saturated carbocycles. The van der Waals surface area contributed by atoms with Crippen molar-refractivity contribution in [2.45, 2.75) is 6.54 Å². The van der Waals surface area contributed by atoms with Crippen molar-refractivity contribution in [2.24, 2.45) is 0 Å². The van der Waals surface area contributed by atoms with Crippen LogP contribution in [-0.2, 0) is 6.54 Å². The second-order valence-electron chi connectivity index (χ2n) is 4.41. The molecule has 0 aliphatic rings. The zero-order valence-corrected chi connectivity index (χ0v) is 12.5. The zero-order chi connectivity index (χ0) is 14.8. The molecule has 3 N–H and O–H groups in total. The Hall–Kier alpha value is -2.12. The highest BCUT2D eigenvalue weighted by atomic mass is 35.5. The van der Waals surface area contributed by atoms with Crippen molar-refractivity contribution < 1.29 is 4.79 Å². The molecule has 0 unspecified atom stereocenters. The Kier molecular flexibility index (Phi) is 3.76. The number of aromatic nitrogens is 3. The minimum absolute atomic E-state index is 0.190. The van der Waals surface area contributed by atoms with E-state index in [0.717, 1.165) is 10.1 Å². The first-order valence-electron chi connectivity index (χ1n) is 6.25. The number of anilines is 1. The first-order chi connectivity index (χ1) is 10.1. The van der Waals surface area contributed by atoms with E-state index in [1.54, 1.807) is 29.2 Å². The van der Waals surface area contributed by atoms with E-state index in [2.05, 4.69) is 15.6 Å². The molecule has 108 valence electrons. The summed E-state index contributed by atoms with van der Waals surface area (Å²) in [6.07, 6.45) is 3.33. The van der Waals surface area contributed by atoms with Gasteiger partial charge >= 0.3 is 0 Å². The number of rotatable bonds is 4. The van der Waals surface area contributed by atoms with Crippen molar-refractivity contribution in [3.63, 3.8) is 0 Å². The summed E-state index contributed by atoms with van der Waals surface area (Å²) < 4.78 is 2.59. The summed E-state index contributed by atoms with van der Waals surface area (Å²) >= 11 is 7.31. The van der Waals surface area contributed by atoms with E-state index in [0.29, 0.717) is 28.7 Å². The van der Waals surface area contributed by atoms with Gasteiger partial charge in [-0.05, 0) is 18.2 Å². The molecule has 0 aliphatic carbocycles. The van der Waals surface area contributed by atoms with Gasteiger partial charge in [0.05, 0.1) is 18.4 Å². The predicted molar refractivity (Wildman–Crippen MR) is 83.6 cm³/mol. The first-order valence-corrected chi connectivity index (χ1v) is 7.44. The summed E-state index contributed by atoms with van der Waals surface area (Å²) in [4.78, 5) is 12.7. The van der Waals surface area contributed by atoms with Gasteiger partial charge < -0.3 is 11.1 Å². The van der Waals surface area contributed by atoms with Crippen molar-refractivity contribution in [3.8, 4) is 0 Å². The highest BCUT2D eigenvalue weighted by Crippen LogP contribution is 2.35. The van der Waals surface area contributed by atoms with Crippen LogP contribution < -0.4 is 11.1 Å². The van der Waals surface area contributed by atoms with Crippen molar-refractivity contribution in [2.75, 3.05) is 12.3 Å². The van der Waals surface area contributed by atoms with E-state index in [1.807, 2.05) is 6.07 Å². The second kappa shape index (κ2) is 5.71. The lowest BCUT2D eigenvalue weighted by Gasteiger charge is -2.04. The number of nitrogen functional groups attached to an aromatic ring is 1. The fourth-order valence-electron chi connectivity index (χ4n) is 1.97. The smallest absolute Gasteiger partial charge is 0.263 e. The number of fused-ring (bicyclic) bond motifs is 1. The number of halogens is 1. The van der Waals surface area contributed by atoms with Crippen LogP contribution in [0.1, 0.15) is 9.67 Å². The fraction of sp³-hybridized carbons (Fsp3) is 0.154. The van der Waals surface area contributed by atoms with Gasteiger partial charge in [0.1, 0.15) is 4.88 Å². The molecule has 1 amide bonds. The molecule has 0 bridgehead atoms. The number of hydrogen-bond donors (Lipinski definition) is 2. The zero-order valence-electron chi connectivity index (χ0n) is 10.9. The summed E-state index contributed by atoms with van der Waals surface area (Å²) in [5.41, 5.74) is 6.51. The van der Waals surface area contributed by atoms with Gasteiger partial charge in [-0.2, -0.15) is 0 Å². The third-order valence-corrected chi connectivity index (χ3v) is 4.41. The minimum Gasteiger partial charge on any atom is -0.397 e. The largest absolute Gasteiger partial charge is 0.397 e. The number of nitrogens with zero attached hydrogens (tertiary/aromatic N) is 3. The quantitative estimate of drug-likeness (QED) is 0.771. The lowest BCUT2D eigenvalue weighted by Crippen LogP contribution is -2.27. The summed E-state index contributed by atoms with van der Waals surface area (Å²) in [5, 5.41) is 11.8. The van der Waals surface area contributed by atoms with Gasteiger partial charge in [0.2, 0.25) is 0 Å². The lowest BCUT2D eigenvalue weighted by molar-refractivity contribution is 0.0957. The van der Waals surface area contributed by atoms with E-state index in [1.165, 1.54) is 11.3 Å².